The Kier molecular flexibility index (Phi) is 4.54. The number of carbonyl (C=O) groups is 1. The van der Waals surface area contributed by atoms with Crippen molar-refractivity contribution in [3.8, 4) is 0 Å². The molecule has 1 unspecified atom stereocenters. The molecule has 2 heterocycles. The minimum Gasteiger partial charge on any atom is -0.328 e. The molecule has 1 amide bonds. The van der Waals surface area contributed by atoms with Crippen LogP contribution in [0.1, 0.15) is 28.3 Å². The van der Waals surface area contributed by atoms with Crippen molar-refractivity contribution in [2.45, 2.75) is 18.6 Å². The molecule has 0 radical (unpaired) electrons. The van der Waals surface area contributed by atoms with E-state index in [4.69, 9.17) is 0 Å². The summed E-state index contributed by atoms with van der Waals surface area (Å²) in [5, 5.41) is 0. The van der Waals surface area contributed by atoms with Gasteiger partial charge in [-0.2, -0.15) is 13.2 Å². The summed E-state index contributed by atoms with van der Waals surface area (Å²) in [5.41, 5.74) is 0.973. The average molecular weight is 352 g/mol. The van der Waals surface area contributed by atoms with Crippen molar-refractivity contribution in [3.05, 3.63) is 65.0 Å². The number of rotatable bonds is 3. The number of halogens is 3. The second kappa shape index (κ2) is 6.47. The van der Waals surface area contributed by atoms with E-state index in [2.05, 4.69) is 4.98 Å². The van der Waals surface area contributed by atoms with E-state index in [1.165, 1.54) is 17.8 Å². The molecular formula is C17H15F3N2OS. The van der Waals surface area contributed by atoms with E-state index in [0.717, 1.165) is 17.7 Å². The molecule has 0 aliphatic carbocycles. The van der Waals surface area contributed by atoms with E-state index in [1.54, 1.807) is 23.2 Å². The van der Waals surface area contributed by atoms with E-state index in [1.807, 2.05) is 12.3 Å². The van der Waals surface area contributed by atoms with Crippen molar-refractivity contribution >= 4 is 17.7 Å². The fourth-order valence-corrected chi connectivity index (χ4v) is 3.42. The highest BCUT2D eigenvalue weighted by atomic mass is 32.2. The summed E-state index contributed by atoms with van der Waals surface area (Å²) in [6.07, 6.45) is -0.998. The maximum atomic E-state index is 13.0. The minimum atomic E-state index is -4.44. The Morgan fingerprint density at radius 3 is 2.79 bits per heavy atom. The summed E-state index contributed by atoms with van der Waals surface area (Å²) in [6.45, 7) is 0.429. The topological polar surface area (TPSA) is 33.2 Å². The molecule has 3 rings (SSSR count). The van der Waals surface area contributed by atoms with Gasteiger partial charge in [-0.15, -0.1) is 11.8 Å². The van der Waals surface area contributed by atoms with Gasteiger partial charge in [-0.05, 0) is 29.5 Å². The van der Waals surface area contributed by atoms with Gasteiger partial charge in [0.2, 0.25) is 5.91 Å². The van der Waals surface area contributed by atoms with Crippen molar-refractivity contribution in [1.82, 2.24) is 9.88 Å². The molecule has 0 saturated heterocycles. The largest absolute Gasteiger partial charge is 0.416 e. The highest BCUT2D eigenvalue weighted by Crippen LogP contribution is 2.36. The van der Waals surface area contributed by atoms with Crippen molar-refractivity contribution in [3.63, 3.8) is 0 Å². The predicted molar refractivity (Wildman–Crippen MR) is 86.5 cm³/mol. The van der Waals surface area contributed by atoms with Gasteiger partial charge in [0, 0.05) is 12.7 Å². The van der Waals surface area contributed by atoms with Crippen LogP contribution < -0.4 is 0 Å². The van der Waals surface area contributed by atoms with Crippen molar-refractivity contribution < 1.29 is 18.0 Å². The van der Waals surface area contributed by atoms with E-state index < -0.39 is 17.7 Å². The molecular weight excluding hydrogens is 337 g/mol. The fraction of sp³-hybridized carbons (Fsp3) is 0.294. The van der Waals surface area contributed by atoms with Crippen LogP contribution in [0.25, 0.3) is 0 Å². The quantitative estimate of drug-likeness (QED) is 0.840. The lowest BCUT2D eigenvalue weighted by Crippen LogP contribution is -2.40. The van der Waals surface area contributed by atoms with Gasteiger partial charge in [-0.25, -0.2) is 0 Å². The Hall–Kier alpha value is -2.02. The number of nitrogens with zero attached hydrogens (tertiary/aromatic N) is 2. The summed E-state index contributed by atoms with van der Waals surface area (Å²) in [6, 6.07) is 8.58. The van der Waals surface area contributed by atoms with Gasteiger partial charge in [-0.3, -0.25) is 9.78 Å². The van der Waals surface area contributed by atoms with Crippen molar-refractivity contribution in [1.29, 1.82) is 0 Å². The van der Waals surface area contributed by atoms with Gasteiger partial charge in [0.05, 0.1) is 17.1 Å². The fourth-order valence-electron chi connectivity index (χ4n) is 2.89. The Bertz CT molecular complexity index is 763. The maximum Gasteiger partial charge on any atom is 0.416 e. The SMILES string of the molecule is CSCN1Cc2cccnc2C(c2cccc(C(F)(F)F)c2)C1=O. The lowest BCUT2D eigenvalue weighted by Gasteiger charge is -2.33. The summed E-state index contributed by atoms with van der Waals surface area (Å²) in [4.78, 5) is 18.8. The highest BCUT2D eigenvalue weighted by Gasteiger charge is 2.37. The number of carbonyl (C=O) groups excluding carboxylic acids is 1. The van der Waals surface area contributed by atoms with Crippen LogP contribution in [0.5, 0.6) is 0 Å². The van der Waals surface area contributed by atoms with Crippen molar-refractivity contribution in [2.75, 3.05) is 12.1 Å². The Morgan fingerprint density at radius 2 is 2.08 bits per heavy atom. The summed E-state index contributed by atoms with van der Waals surface area (Å²) < 4.78 is 39.0. The van der Waals surface area contributed by atoms with Gasteiger partial charge >= 0.3 is 6.18 Å². The number of hydrogen-bond donors (Lipinski definition) is 0. The van der Waals surface area contributed by atoms with Gasteiger partial charge in [0.15, 0.2) is 0 Å². The molecule has 1 aromatic heterocycles. The number of fused-ring (bicyclic) bond motifs is 1. The third kappa shape index (κ3) is 3.13. The van der Waals surface area contributed by atoms with Crippen LogP contribution >= 0.6 is 11.8 Å². The molecule has 126 valence electrons. The lowest BCUT2D eigenvalue weighted by molar-refractivity contribution is -0.138. The second-order valence-corrected chi connectivity index (χ2v) is 6.39. The molecule has 0 spiro atoms. The normalized spacial score (nSPS) is 17.8. The molecule has 1 aliphatic heterocycles. The van der Waals surface area contributed by atoms with E-state index in [-0.39, 0.29) is 5.91 Å². The smallest absolute Gasteiger partial charge is 0.328 e. The van der Waals surface area contributed by atoms with Gasteiger partial charge < -0.3 is 4.90 Å². The number of aromatic nitrogens is 1. The molecule has 0 saturated carbocycles. The summed E-state index contributed by atoms with van der Waals surface area (Å²) >= 11 is 1.50. The average Bonchev–Trinajstić information content (AvgIpc) is 2.55. The molecule has 7 heteroatoms. The molecule has 1 aromatic carbocycles. The Labute approximate surface area is 141 Å². The number of alkyl halides is 3. The number of amides is 1. The first-order chi connectivity index (χ1) is 11.4. The second-order valence-electron chi connectivity index (χ2n) is 5.56. The molecule has 0 bridgehead atoms. The van der Waals surface area contributed by atoms with Gasteiger partial charge in [0.25, 0.3) is 0 Å². The lowest BCUT2D eigenvalue weighted by atomic mass is 9.87. The van der Waals surface area contributed by atoms with Crippen LogP contribution in [-0.4, -0.2) is 27.9 Å². The molecule has 3 nitrogen and oxygen atoms in total. The van der Waals surface area contributed by atoms with Crippen LogP contribution in [0.2, 0.25) is 0 Å². The molecule has 0 N–H and O–H groups in total. The van der Waals surface area contributed by atoms with Crippen LogP contribution in [0.15, 0.2) is 42.6 Å². The molecule has 1 aliphatic rings. The van der Waals surface area contributed by atoms with Crippen molar-refractivity contribution in [2.24, 2.45) is 0 Å². The third-order valence-electron chi connectivity index (χ3n) is 3.95. The number of benzene rings is 1. The van der Waals surface area contributed by atoms with Gasteiger partial charge in [0.1, 0.15) is 5.92 Å². The minimum absolute atomic E-state index is 0.213. The number of hydrogen-bond acceptors (Lipinski definition) is 3. The predicted octanol–water partition coefficient (Wildman–Crippen LogP) is 3.90. The Balaban J connectivity index is 2.09. The zero-order valence-electron chi connectivity index (χ0n) is 12.9. The maximum absolute atomic E-state index is 13.0. The van der Waals surface area contributed by atoms with Crippen LogP contribution in [0.3, 0.4) is 0 Å². The van der Waals surface area contributed by atoms with E-state index in [0.29, 0.717) is 23.7 Å². The Morgan fingerprint density at radius 1 is 1.29 bits per heavy atom. The molecule has 2 aromatic rings. The third-order valence-corrected chi connectivity index (χ3v) is 4.52. The first-order valence-electron chi connectivity index (χ1n) is 7.30. The zero-order valence-corrected chi connectivity index (χ0v) is 13.7. The highest BCUT2D eigenvalue weighted by molar-refractivity contribution is 7.98. The van der Waals surface area contributed by atoms with E-state index >= 15 is 0 Å². The molecule has 24 heavy (non-hydrogen) atoms. The number of pyridine rings is 1. The summed E-state index contributed by atoms with van der Waals surface area (Å²) in [5.74, 6) is -0.526. The monoisotopic (exact) mass is 352 g/mol. The van der Waals surface area contributed by atoms with Crippen LogP contribution in [0.4, 0.5) is 13.2 Å². The standard InChI is InChI=1S/C17H15F3N2OS/c1-24-10-22-9-12-5-3-7-21-15(12)14(16(22)23)11-4-2-6-13(8-11)17(18,19)20/h2-8,14H,9-10H2,1H3. The van der Waals surface area contributed by atoms with Gasteiger partial charge in [-0.1, -0.05) is 24.3 Å². The first-order valence-corrected chi connectivity index (χ1v) is 8.70. The van der Waals surface area contributed by atoms with Crippen LogP contribution in [-0.2, 0) is 17.5 Å². The molecule has 1 atom stereocenters. The summed E-state index contributed by atoms with van der Waals surface area (Å²) in [7, 11) is 0. The van der Waals surface area contributed by atoms with E-state index in [9.17, 15) is 18.0 Å². The first kappa shape index (κ1) is 16.8. The van der Waals surface area contributed by atoms with Crippen LogP contribution in [0, 0.1) is 0 Å². The molecule has 0 fully saturated rings. The zero-order chi connectivity index (χ0) is 17.3. The number of thioether (sulfide) groups is 1.